The summed E-state index contributed by atoms with van der Waals surface area (Å²) < 4.78 is 0. The molecule has 0 aliphatic carbocycles. The molecule has 4 nitrogen and oxygen atoms in total. The summed E-state index contributed by atoms with van der Waals surface area (Å²) in [5.74, 6) is 1.34. The van der Waals surface area contributed by atoms with Crippen LogP contribution < -0.4 is 4.90 Å². The smallest absolute Gasteiger partial charge is 0.227 e. The van der Waals surface area contributed by atoms with Crippen molar-refractivity contribution in [3.63, 3.8) is 0 Å². The topological polar surface area (TPSA) is 46.1 Å². The SMILES string of the molecule is CCc1cnc(C)nc1C[C@H]1CC(=O)N(c2ccccc2)C1. The van der Waals surface area contributed by atoms with Crippen LogP contribution in [0.25, 0.3) is 0 Å². The minimum Gasteiger partial charge on any atom is -0.312 e. The van der Waals surface area contributed by atoms with E-state index in [4.69, 9.17) is 0 Å². The molecule has 0 saturated carbocycles. The highest BCUT2D eigenvalue weighted by molar-refractivity contribution is 5.95. The molecule has 0 bridgehead atoms. The highest BCUT2D eigenvalue weighted by Crippen LogP contribution is 2.27. The maximum Gasteiger partial charge on any atom is 0.227 e. The second kappa shape index (κ2) is 6.26. The normalized spacial score (nSPS) is 18.0. The van der Waals surface area contributed by atoms with Gasteiger partial charge in [0, 0.05) is 30.5 Å². The third-order valence-corrected chi connectivity index (χ3v) is 4.21. The lowest BCUT2D eigenvalue weighted by Crippen LogP contribution is -2.24. The highest BCUT2D eigenvalue weighted by Gasteiger charge is 2.31. The van der Waals surface area contributed by atoms with Gasteiger partial charge < -0.3 is 4.90 Å². The molecule has 1 amide bonds. The predicted octanol–water partition coefficient (Wildman–Crippen LogP) is 2.94. The third-order valence-electron chi connectivity index (χ3n) is 4.21. The Morgan fingerprint density at radius 3 is 2.77 bits per heavy atom. The van der Waals surface area contributed by atoms with Gasteiger partial charge in [0.25, 0.3) is 0 Å². The number of aromatic nitrogens is 2. The Kier molecular flexibility index (Phi) is 4.18. The molecular formula is C18H21N3O. The molecule has 114 valence electrons. The molecule has 22 heavy (non-hydrogen) atoms. The summed E-state index contributed by atoms with van der Waals surface area (Å²) in [5.41, 5.74) is 3.28. The van der Waals surface area contributed by atoms with Gasteiger partial charge in [-0.15, -0.1) is 0 Å². The molecule has 1 saturated heterocycles. The fourth-order valence-corrected chi connectivity index (χ4v) is 3.06. The van der Waals surface area contributed by atoms with Gasteiger partial charge in [-0.3, -0.25) is 4.79 Å². The van der Waals surface area contributed by atoms with E-state index in [2.05, 4.69) is 16.9 Å². The summed E-state index contributed by atoms with van der Waals surface area (Å²) in [5, 5.41) is 0. The van der Waals surface area contributed by atoms with Gasteiger partial charge in [-0.1, -0.05) is 25.1 Å². The zero-order valence-electron chi connectivity index (χ0n) is 13.1. The number of para-hydroxylation sites is 1. The van der Waals surface area contributed by atoms with Crippen molar-refractivity contribution in [3.05, 3.63) is 53.6 Å². The molecule has 2 aromatic rings. The van der Waals surface area contributed by atoms with Crippen molar-refractivity contribution in [1.82, 2.24) is 9.97 Å². The van der Waals surface area contributed by atoms with E-state index in [0.29, 0.717) is 12.3 Å². The molecule has 1 aliphatic rings. The van der Waals surface area contributed by atoms with Gasteiger partial charge in [0.1, 0.15) is 5.82 Å². The van der Waals surface area contributed by atoms with E-state index in [9.17, 15) is 4.79 Å². The lowest BCUT2D eigenvalue weighted by atomic mass is 9.99. The number of rotatable bonds is 4. The summed E-state index contributed by atoms with van der Waals surface area (Å²) in [6.07, 6.45) is 4.30. The minimum atomic E-state index is 0.208. The Labute approximate surface area is 131 Å². The van der Waals surface area contributed by atoms with Crippen LogP contribution in [0.2, 0.25) is 0 Å². The molecule has 1 aromatic heterocycles. The second-order valence-corrected chi connectivity index (χ2v) is 5.86. The number of benzene rings is 1. The quantitative estimate of drug-likeness (QED) is 0.871. The highest BCUT2D eigenvalue weighted by atomic mass is 16.2. The van der Waals surface area contributed by atoms with E-state index >= 15 is 0 Å². The van der Waals surface area contributed by atoms with Crippen molar-refractivity contribution in [2.45, 2.75) is 33.1 Å². The molecule has 0 N–H and O–H groups in total. The first-order valence-electron chi connectivity index (χ1n) is 7.84. The van der Waals surface area contributed by atoms with Crippen molar-refractivity contribution in [2.75, 3.05) is 11.4 Å². The van der Waals surface area contributed by atoms with E-state index in [1.807, 2.05) is 48.4 Å². The first-order valence-corrected chi connectivity index (χ1v) is 7.84. The molecule has 1 fully saturated rings. The number of hydrogen-bond acceptors (Lipinski definition) is 3. The van der Waals surface area contributed by atoms with Gasteiger partial charge in [-0.25, -0.2) is 9.97 Å². The molecule has 4 heteroatoms. The van der Waals surface area contributed by atoms with E-state index in [1.54, 1.807) is 0 Å². The zero-order valence-corrected chi connectivity index (χ0v) is 13.1. The number of anilines is 1. The molecule has 1 atom stereocenters. The van der Waals surface area contributed by atoms with E-state index in [1.165, 1.54) is 5.56 Å². The maximum atomic E-state index is 12.3. The summed E-state index contributed by atoms with van der Waals surface area (Å²) in [7, 11) is 0. The molecule has 0 radical (unpaired) electrons. The zero-order chi connectivity index (χ0) is 15.5. The lowest BCUT2D eigenvalue weighted by molar-refractivity contribution is -0.117. The van der Waals surface area contributed by atoms with E-state index < -0.39 is 0 Å². The largest absolute Gasteiger partial charge is 0.312 e. The van der Waals surface area contributed by atoms with Crippen LogP contribution in [0.15, 0.2) is 36.5 Å². The fraction of sp³-hybridized carbons (Fsp3) is 0.389. The summed E-state index contributed by atoms with van der Waals surface area (Å²) in [6, 6.07) is 9.90. The summed E-state index contributed by atoms with van der Waals surface area (Å²) in [6.45, 7) is 4.81. The van der Waals surface area contributed by atoms with E-state index in [0.717, 1.165) is 36.6 Å². The van der Waals surface area contributed by atoms with Crippen molar-refractivity contribution in [1.29, 1.82) is 0 Å². The fourth-order valence-electron chi connectivity index (χ4n) is 3.06. The summed E-state index contributed by atoms with van der Waals surface area (Å²) >= 11 is 0. The Morgan fingerprint density at radius 1 is 1.27 bits per heavy atom. The van der Waals surface area contributed by atoms with Crippen LogP contribution >= 0.6 is 0 Å². The maximum absolute atomic E-state index is 12.3. The van der Waals surface area contributed by atoms with Crippen LogP contribution in [-0.2, 0) is 17.6 Å². The van der Waals surface area contributed by atoms with Gasteiger partial charge >= 0.3 is 0 Å². The van der Waals surface area contributed by atoms with Gasteiger partial charge in [-0.05, 0) is 43.4 Å². The van der Waals surface area contributed by atoms with Crippen molar-refractivity contribution in [2.24, 2.45) is 5.92 Å². The number of hydrogen-bond donors (Lipinski definition) is 0. The molecule has 3 rings (SSSR count). The molecule has 1 aromatic carbocycles. The number of aryl methyl sites for hydroxylation is 2. The van der Waals surface area contributed by atoms with Gasteiger partial charge in [0.15, 0.2) is 0 Å². The number of nitrogens with zero attached hydrogens (tertiary/aromatic N) is 3. The molecule has 2 heterocycles. The minimum absolute atomic E-state index is 0.208. The molecule has 0 unspecified atom stereocenters. The van der Waals surface area contributed by atoms with Crippen molar-refractivity contribution >= 4 is 11.6 Å². The lowest BCUT2D eigenvalue weighted by Gasteiger charge is -2.17. The number of carbonyl (C=O) groups is 1. The monoisotopic (exact) mass is 295 g/mol. The molecule has 1 aliphatic heterocycles. The summed E-state index contributed by atoms with van der Waals surface area (Å²) in [4.78, 5) is 23.0. The van der Waals surface area contributed by atoms with Gasteiger partial charge in [0.2, 0.25) is 5.91 Å². The van der Waals surface area contributed by atoms with Crippen molar-refractivity contribution in [3.8, 4) is 0 Å². The molecule has 0 spiro atoms. The predicted molar refractivity (Wildman–Crippen MR) is 86.8 cm³/mol. The van der Waals surface area contributed by atoms with Gasteiger partial charge in [-0.2, -0.15) is 0 Å². The van der Waals surface area contributed by atoms with Crippen LogP contribution in [0.3, 0.4) is 0 Å². The van der Waals surface area contributed by atoms with Crippen LogP contribution in [0.1, 0.15) is 30.4 Å². The van der Waals surface area contributed by atoms with Crippen LogP contribution in [0, 0.1) is 12.8 Å². The Balaban J connectivity index is 1.76. The second-order valence-electron chi connectivity index (χ2n) is 5.86. The van der Waals surface area contributed by atoms with Crippen LogP contribution in [0.4, 0.5) is 5.69 Å². The number of amides is 1. The van der Waals surface area contributed by atoms with Crippen LogP contribution in [-0.4, -0.2) is 22.4 Å². The molecular weight excluding hydrogens is 274 g/mol. The Hall–Kier alpha value is -2.23. The van der Waals surface area contributed by atoms with Gasteiger partial charge in [0.05, 0.1) is 0 Å². The standard InChI is InChI=1S/C18H21N3O/c1-3-15-11-19-13(2)20-17(15)9-14-10-18(22)21(12-14)16-7-5-4-6-8-16/h4-8,11,14H,3,9-10,12H2,1-2H3/t14-/m0/s1. The average molecular weight is 295 g/mol. The van der Waals surface area contributed by atoms with Crippen LogP contribution in [0.5, 0.6) is 0 Å². The Bertz CT molecular complexity index is 669. The third kappa shape index (κ3) is 3.01. The first kappa shape index (κ1) is 14.7. The van der Waals surface area contributed by atoms with E-state index in [-0.39, 0.29) is 5.91 Å². The first-order chi connectivity index (χ1) is 10.7. The number of carbonyl (C=O) groups excluding carboxylic acids is 1. The van der Waals surface area contributed by atoms with Crippen molar-refractivity contribution < 1.29 is 4.79 Å². The Morgan fingerprint density at radius 2 is 2.05 bits per heavy atom. The average Bonchev–Trinajstić information content (AvgIpc) is 2.89.